The van der Waals surface area contributed by atoms with Crippen molar-refractivity contribution in [2.45, 2.75) is 26.4 Å². The number of amides is 1. The van der Waals surface area contributed by atoms with E-state index in [1.165, 1.54) is 6.08 Å². The van der Waals surface area contributed by atoms with Gasteiger partial charge in [-0.1, -0.05) is 48.0 Å². The second-order valence-corrected chi connectivity index (χ2v) is 7.56. The summed E-state index contributed by atoms with van der Waals surface area (Å²) in [5.74, 6) is -0.506. The van der Waals surface area contributed by atoms with E-state index in [2.05, 4.69) is 5.32 Å². The van der Waals surface area contributed by atoms with Gasteiger partial charge < -0.3 is 10.2 Å². The van der Waals surface area contributed by atoms with E-state index in [1.807, 2.05) is 74.2 Å². The van der Waals surface area contributed by atoms with Crippen molar-refractivity contribution in [3.63, 3.8) is 0 Å². The third-order valence-corrected chi connectivity index (χ3v) is 5.16. The Hall–Kier alpha value is -2.62. The number of carbonyl (C=O) groups excluding carboxylic acids is 1. The first-order chi connectivity index (χ1) is 11.8. The Kier molecular flexibility index (Phi) is 3.29. The third kappa shape index (κ3) is 2.20. The van der Waals surface area contributed by atoms with E-state index in [4.69, 9.17) is 0 Å². The summed E-state index contributed by atoms with van der Waals surface area (Å²) in [6.07, 6.45) is 1.53. The summed E-state index contributed by atoms with van der Waals surface area (Å²) in [5.41, 5.74) is 1.62. The molecule has 2 heterocycles. The molecule has 0 bridgehead atoms. The Morgan fingerprint density at radius 2 is 1.88 bits per heavy atom. The minimum Gasteiger partial charge on any atom is -0.338 e. The minimum atomic E-state index is -1.28. The number of hydrogen-bond acceptors (Lipinski definition) is 2. The van der Waals surface area contributed by atoms with Crippen molar-refractivity contribution in [1.82, 2.24) is 5.32 Å². The minimum absolute atomic E-state index is 0.145. The number of hydrogen-bond donors (Lipinski definition) is 1. The number of benzene rings is 2. The number of nitrogens with one attached hydrogen (secondary N) is 1. The zero-order valence-electron chi connectivity index (χ0n) is 14.6. The lowest BCUT2D eigenvalue weighted by Gasteiger charge is -2.54. The zero-order valence-corrected chi connectivity index (χ0v) is 14.6. The van der Waals surface area contributed by atoms with Crippen LogP contribution in [0.4, 0.5) is 10.1 Å². The maximum absolute atomic E-state index is 15.5. The molecule has 2 aliphatic rings. The summed E-state index contributed by atoms with van der Waals surface area (Å²) >= 11 is 0. The quantitative estimate of drug-likeness (QED) is 0.849. The van der Waals surface area contributed by atoms with Crippen LogP contribution in [-0.2, 0) is 10.5 Å². The first-order valence-corrected chi connectivity index (χ1v) is 8.49. The number of rotatable bonds is 1. The molecule has 3 nitrogen and oxygen atoms in total. The van der Waals surface area contributed by atoms with Crippen LogP contribution < -0.4 is 10.2 Å². The van der Waals surface area contributed by atoms with Crippen LogP contribution in [0.2, 0.25) is 0 Å². The number of fused-ring (bicyclic) bond motifs is 3. The van der Waals surface area contributed by atoms with E-state index in [9.17, 15) is 4.79 Å². The summed E-state index contributed by atoms with van der Waals surface area (Å²) in [6.45, 7) is 6.19. The highest BCUT2D eigenvalue weighted by molar-refractivity contribution is 5.89. The van der Waals surface area contributed by atoms with Crippen molar-refractivity contribution < 1.29 is 9.18 Å². The van der Waals surface area contributed by atoms with E-state index >= 15 is 4.39 Å². The van der Waals surface area contributed by atoms with Gasteiger partial charge in [-0.05, 0) is 32.9 Å². The lowest BCUT2D eigenvalue weighted by molar-refractivity contribution is -0.133. The molecule has 1 N–H and O–H groups in total. The number of nitrogens with zero attached hydrogens (tertiary/aromatic N) is 1. The first-order valence-electron chi connectivity index (χ1n) is 8.49. The zero-order chi connectivity index (χ0) is 17.8. The number of halogens is 1. The summed E-state index contributed by atoms with van der Waals surface area (Å²) in [5, 5.41) is 3.00. The van der Waals surface area contributed by atoms with Crippen molar-refractivity contribution in [2.24, 2.45) is 5.41 Å². The van der Waals surface area contributed by atoms with Gasteiger partial charge in [0, 0.05) is 23.4 Å². The molecule has 0 aromatic heterocycles. The maximum atomic E-state index is 15.5. The van der Waals surface area contributed by atoms with E-state index in [0.29, 0.717) is 6.54 Å². The van der Waals surface area contributed by atoms with E-state index in [1.54, 1.807) is 0 Å². The largest absolute Gasteiger partial charge is 0.338 e. The van der Waals surface area contributed by atoms with Crippen molar-refractivity contribution in [2.75, 3.05) is 11.4 Å². The smallest absolute Gasteiger partial charge is 0.229 e. The lowest BCUT2D eigenvalue weighted by Crippen LogP contribution is -2.69. The molecule has 1 fully saturated rings. The van der Waals surface area contributed by atoms with Gasteiger partial charge in [-0.15, -0.1) is 0 Å². The molecule has 0 radical (unpaired) electrons. The van der Waals surface area contributed by atoms with E-state index < -0.39 is 11.1 Å². The van der Waals surface area contributed by atoms with Crippen LogP contribution in [0.1, 0.15) is 30.5 Å². The lowest BCUT2D eigenvalue weighted by atomic mass is 9.80. The molecule has 2 aromatic carbocycles. The van der Waals surface area contributed by atoms with Crippen LogP contribution in [0, 0.1) is 12.3 Å². The van der Waals surface area contributed by atoms with Crippen LogP contribution in [-0.4, -0.2) is 12.5 Å². The molecule has 0 saturated carbocycles. The van der Waals surface area contributed by atoms with Gasteiger partial charge in [0.15, 0.2) is 11.5 Å². The predicted octanol–water partition coefficient (Wildman–Crippen LogP) is 4.13. The van der Waals surface area contributed by atoms with E-state index in [-0.39, 0.29) is 11.7 Å². The van der Waals surface area contributed by atoms with Gasteiger partial charge in [-0.3, -0.25) is 4.79 Å². The highest BCUT2D eigenvalue weighted by atomic mass is 19.1. The molecule has 0 aliphatic carbocycles. The third-order valence-electron chi connectivity index (χ3n) is 5.16. The number of aryl methyl sites for hydroxylation is 1. The maximum Gasteiger partial charge on any atom is 0.229 e. The van der Waals surface area contributed by atoms with Gasteiger partial charge in [0.25, 0.3) is 0 Å². The van der Waals surface area contributed by atoms with Crippen molar-refractivity contribution >= 4 is 17.7 Å². The SMILES string of the molecule is Cc1cccc(C23NC(=O)C(C)(C)CN2c2ccccc2C=C3F)c1. The Balaban J connectivity index is 2.00. The van der Waals surface area contributed by atoms with Crippen LogP contribution in [0.25, 0.3) is 6.08 Å². The molecule has 4 heteroatoms. The van der Waals surface area contributed by atoms with E-state index in [0.717, 1.165) is 22.4 Å². The Labute approximate surface area is 147 Å². The van der Waals surface area contributed by atoms with Crippen molar-refractivity contribution in [3.8, 4) is 0 Å². The molecule has 1 saturated heterocycles. The van der Waals surface area contributed by atoms with Crippen LogP contribution >= 0.6 is 0 Å². The first kappa shape index (κ1) is 15.9. The number of carbonyl (C=O) groups is 1. The van der Waals surface area contributed by atoms with Gasteiger partial charge in [0.2, 0.25) is 5.91 Å². The van der Waals surface area contributed by atoms with Crippen molar-refractivity contribution in [1.29, 1.82) is 0 Å². The van der Waals surface area contributed by atoms with Gasteiger partial charge in [0.1, 0.15) is 0 Å². The molecule has 4 rings (SSSR count). The fourth-order valence-electron chi connectivity index (χ4n) is 3.77. The van der Waals surface area contributed by atoms with Gasteiger partial charge in [-0.2, -0.15) is 0 Å². The molecule has 2 aliphatic heterocycles. The molecule has 128 valence electrons. The summed E-state index contributed by atoms with van der Waals surface area (Å²) in [6, 6.07) is 15.4. The average molecular weight is 336 g/mol. The fraction of sp³-hybridized carbons (Fsp3) is 0.286. The molecule has 1 unspecified atom stereocenters. The molecular formula is C21H21FN2O. The molecule has 25 heavy (non-hydrogen) atoms. The summed E-state index contributed by atoms with van der Waals surface area (Å²) in [7, 11) is 0. The molecule has 1 amide bonds. The second-order valence-electron chi connectivity index (χ2n) is 7.56. The topological polar surface area (TPSA) is 32.3 Å². The summed E-state index contributed by atoms with van der Waals surface area (Å²) in [4.78, 5) is 14.8. The van der Waals surface area contributed by atoms with Gasteiger partial charge in [0.05, 0.1) is 5.41 Å². The molecular weight excluding hydrogens is 315 g/mol. The van der Waals surface area contributed by atoms with Crippen molar-refractivity contribution in [3.05, 3.63) is 71.0 Å². The molecule has 2 aromatic rings. The van der Waals surface area contributed by atoms with Gasteiger partial charge >= 0.3 is 0 Å². The average Bonchev–Trinajstić information content (AvgIpc) is 2.57. The van der Waals surface area contributed by atoms with Crippen LogP contribution in [0.3, 0.4) is 0 Å². The Bertz CT molecular complexity index is 902. The monoisotopic (exact) mass is 336 g/mol. The Morgan fingerprint density at radius 1 is 1.12 bits per heavy atom. The second kappa shape index (κ2) is 5.19. The molecule has 1 atom stereocenters. The number of anilines is 1. The number of para-hydroxylation sites is 1. The van der Waals surface area contributed by atoms with Crippen LogP contribution in [0.5, 0.6) is 0 Å². The highest BCUT2D eigenvalue weighted by Gasteiger charge is 2.54. The standard InChI is InChI=1S/C21H21FN2O/c1-14-7-6-9-16(11-14)21-18(22)12-15-8-4-5-10-17(15)24(21)13-20(2,3)19(25)23-21/h4-12H,13H2,1-3H3,(H,23,25). The van der Waals surface area contributed by atoms with Gasteiger partial charge in [-0.25, -0.2) is 4.39 Å². The fourth-order valence-corrected chi connectivity index (χ4v) is 3.77. The predicted molar refractivity (Wildman–Crippen MR) is 97.7 cm³/mol. The molecule has 0 spiro atoms. The van der Waals surface area contributed by atoms with Crippen LogP contribution in [0.15, 0.2) is 54.4 Å². The highest BCUT2D eigenvalue weighted by Crippen LogP contribution is 2.48. The normalized spacial score (nSPS) is 24.1. The summed E-state index contributed by atoms with van der Waals surface area (Å²) < 4.78 is 15.5. The Morgan fingerprint density at radius 3 is 2.64 bits per heavy atom.